The summed E-state index contributed by atoms with van der Waals surface area (Å²) in [6, 6.07) is 25.0. The van der Waals surface area contributed by atoms with Crippen LogP contribution < -0.4 is 54.7 Å². The van der Waals surface area contributed by atoms with Crippen LogP contribution in [-0.4, -0.2) is 84.9 Å². The zero-order valence-electron chi connectivity index (χ0n) is 53.7. The van der Waals surface area contributed by atoms with Crippen LogP contribution in [0.4, 0.5) is 64.0 Å². The van der Waals surface area contributed by atoms with E-state index in [9.17, 15) is 73.5 Å². The summed E-state index contributed by atoms with van der Waals surface area (Å²) < 4.78 is 109. The molecule has 0 radical (unpaired) electrons. The smallest absolute Gasteiger partial charge is 0.277 e. The largest absolute Gasteiger partial charge is 0.384 e. The van der Waals surface area contributed by atoms with E-state index in [2.05, 4.69) is 61.5 Å². The predicted molar refractivity (Wildman–Crippen MR) is 359 cm³/mol. The fourth-order valence-electron chi connectivity index (χ4n) is 10.5. The van der Waals surface area contributed by atoms with Crippen LogP contribution in [0.5, 0.6) is 0 Å². The van der Waals surface area contributed by atoms with Crippen molar-refractivity contribution < 1.29 is 59.1 Å². The van der Waals surface area contributed by atoms with Crippen molar-refractivity contribution >= 4 is 81.4 Å². The molecule has 1 fully saturated rings. The van der Waals surface area contributed by atoms with Gasteiger partial charge >= 0.3 is 0 Å². The van der Waals surface area contributed by atoms with E-state index in [4.69, 9.17) is 34.7 Å². The molecule has 4 amide bonds. The SMILES string of the molecule is CC(=O)c1cc(F)cc(F)c1.CC1(c2cc(F)cc(F)c2)NC(=O)C2=CC=C(Cl)CN21.CC1(c2cc(F)cc(F)c2)NC(=O)c2ccc(Nc3ccncn3)c(=O)n21.CC1(c2cc(F)cc(F)c2)NC(=O)c2ccc(Nc3ccncn3)c(=O)n21.NC(=O)c1ccc(Cl)c(=O)[nH]1.Nc1ccncn1. The number of aromatic nitrogens is 9. The summed E-state index contributed by atoms with van der Waals surface area (Å²) in [7, 11) is 0. The van der Waals surface area contributed by atoms with Crippen LogP contribution in [0, 0.1) is 46.5 Å². The van der Waals surface area contributed by atoms with Gasteiger partial charge in [0.2, 0.25) is 0 Å². The Labute approximate surface area is 586 Å². The summed E-state index contributed by atoms with van der Waals surface area (Å²) in [6.07, 6.45) is 11.9. The van der Waals surface area contributed by atoms with Gasteiger partial charge in [-0.05, 0) is 143 Å². The number of Topliss-reactive ketones (excluding diaryl/α,β-unsaturated/α-hetero) is 1. The number of ketones is 1. The second-order valence-corrected chi connectivity index (χ2v) is 23.4. The third kappa shape index (κ3) is 17.3. The Balaban J connectivity index is 0.000000152. The van der Waals surface area contributed by atoms with Crippen LogP contribution in [0.1, 0.15) is 86.2 Å². The number of carbonyl (C=O) groups is 5. The maximum atomic E-state index is 13.7. The molecule has 35 heteroatoms. The number of nitrogen functional groups attached to an aromatic ring is 1. The number of amides is 4. The number of nitrogens with one attached hydrogen (secondary N) is 6. The molecule has 6 aromatic heterocycles. The summed E-state index contributed by atoms with van der Waals surface area (Å²) >= 11 is 11.4. The van der Waals surface area contributed by atoms with Crippen LogP contribution in [0.15, 0.2) is 202 Å². The van der Waals surface area contributed by atoms with Gasteiger partial charge in [-0.15, -0.1) is 0 Å². The number of hydrogen-bond acceptors (Lipinski definition) is 18. The van der Waals surface area contributed by atoms with E-state index in [1.54, 1.807) is 48.4 Å². The minimum Gasteiger partial charge on any atom is -0.384 e. The first-order chi connectivity index (χ1) is 48.8. The number of nitrogens with zero attached hydrogens (tertiary/aromatic N) is 9. The molecule has 10 N–H and O–H groups in total. The third-order valence-corrected chi connectivity index (χ3v) is 15.9. The van der Waals surface area contributed by atoms with Crippen molar-refractivity contribution in [3.05, 3.63) is 310 Å². The number of pyridine rings is 3. The van der Waals surface area contributed by atoms with E-state index >= 15 is 0 Å². The first-order valence-electron chi connectivity index (χ1n) is 29.7. The van der Waals surface area contributed by atoms with Crippen molar-refractivity contribution in [3.63, 3.8) is 0 Å². The Hall–Kier alpha value is -12.8. The van der Waals surface area contributed by atoms with E-state index in [0.717, 1.165) is 60.7 Å². The molecule has 4 aromatic carbocycles. The zero-order chi connectivity index (χ0) is 74.8. The standard InChI is InChI=1S/2C18H13F2N5O2.C14H11ClF2N2O.C8H6F2O.C6H5ClN2O2.C4H5N3/c2*1-18(10-6-11(19)8-12(20)7-10)24-16(26)14-3-2-13(17(27)25(14)18)23-15-4-5-21-9-22-15;1-14(8-4-10(16)6-11(17)5-8)18-13(20)12-3-2-9(15)7-19(12)14;1-5(11)6-2-7(9)4-8(10)3-6;7-3-1-2-4(5(8)10)9-6(3)11;5-4-1-2-6-3-7-4/h2*2-9H,1H3,(H,24,26)(H,21,22,23);2-6H,7H2,1H3,(H,18,20);2-4H,1H3;1-2H,(H2,8,10)(H,9,11);1-3H,(H2,5,6,7). The molecule has 0 aliphatic carbocycles. The molecule has 14 rings (SSSR count). The highest BCUT2D eigenvalue weighted by molar-refractivity contribution is 6.30. The topological polar surface area (TPSA) is 355 Å². The van der Waals surface area contributed by atoms with Gasteiger partial charge in [0.1, 0.15) is 139 Å². The lowest BCUT2D eigenvalue weighted by Crippen LogP contribution is -2.47. The van der Waals surface area contributed by atoms with Crippen molar-refractivity contribution in [2.24, 2.45) is 5.73 Å². The second-order valence-electron chi connectivity index (χ2n) is 22.6. The fraction of sp³-hybridized carbons (Fsp3) is 0.118. The molecular weight excluding hydrogens is 1410 g/mol. The number of benzene rings is 4. The third-order valence-electron chi connectivity index (χ3n) is 15.4. The van der Waals surface area contributed by atoms with Crippen LogP contribution in [0.25, 0.3) is 0 Å². The fourth-order valence-corrected chi connectivity index (χ4v) is 10.8. The van der Waals surface area contributed by atoms with Gasteiger partial charge in [-0.1, -0.05) is 23.2 Å². The highest BCUT2D eigenvalue weighted by Crippen LogP contribution is 2.39. The van der Waals surface area contributed by atoms with Crippen molar-refractivity contribution in [1.29, 1.82) is 0 Å². The van der Waals surface area contributed by atoms with Gasteiger partial charge in [0.15, 0.2) is 5.78 Å². The Morgan fingerprint density at radius 1 is 0.505 bits per heavy atom. The lowest BCUT2D eigenvalue weighted by Gasteiger charge is -2.37. The maximum absolute atomic E-state index is 13.7. The van der Waals surface area contributed by atoms with E-state index < -0.39 is 97.9 Å². The summed E-state index contributed by atoms with van der Waals surface area (Å²) in [4.78, 5) is 121. The lowest BCUT2D eigenvalue weighted by molar-refractivity contribution is -0.117. The number of halogens is 10. The average Bonchev–Trinajstić information content (AvgIpc) is 1.61. The van der Waals surface area contributed by atoms with Crippen molar-refractivity contribution in [1.82, 2.24) is 64.9 Å². The first-order valence-corrected chi connectivity index (χ1v) is 30.5. The lowest BCUT2D eigenvalue weighted by atomic mass is 9.99. The van der Waals surface area contributed by atoms with E-state index in [1.165, 1.54) is 110 Å². The maximum Gasteiger partial charge on any atom is 0.277 e. The highest BCUT2D eigenvalue weighted by atomic mass is 35.5. The summed E-state index contributed by atoms with van der Waals surface area (Å²) in [6.45, 7) is 6.27. The van der Waals surface area contributed by atoms with Crippen LogP contribution in [0.2, 0.25) is 5.02 Å². The number of H-pyrrole nitrogens is 1. The minimum atomic E-state index is -1.45. The molecule has 0 saturated carbocycles. The van der Waals surface area contributed by atoms with E-state index in [1.807, 2.05) is 0 Å². The molecule has 1 saturated heterocycles. The molecule has 3 atom stereocenters. The molecule has 4 aliphatic rings. The van der Waals surface area contributed by atoms with Gasteiger partial charge < -0.3 is 47.9 Å². The number of carbonyl (C=O) groups excluding carboxylic acids is 5. The van der Waals surface area contributed by atoms with Crippen LogP contribution in [0.3, 0.4) is 0 Å². The van der Waals surface area contributed by atoms with Gasteiger partial charge in [0, 0.05) is 70.1 Å². The van der Waals surface area contributed by atoms with Crippen molar-refractivity contribution in [2.75, 3.05) is 22.9 Å². The molecule has 103 heavy (non-hydrogen) atoms. The molecule has 10 heterocycles. The van der Waals surface area contributed by atoms with Gasteiger partial charge in [0.25, 0.3) is 40.3 Å². The number of anilines is 5. The van der Waals surface area contributed by atoms with Crippen LogP contribution in [-0.2, 0) is 21.8 Å². The molecular formula is C68H53Cl2F8N17O8. The normalized spacial score (nSPS) is 17.0. The van der Waals surface area contributed by atoms with Gasteiger partial charge in [0.05, 0.1) is 6.54 Å². The molecule has 25 nitrogen and oxygen atoms in total. The highest BCUT2D eigenvalue weighted by Gasteiger charge is 2.47. The zero-order valence-corrected chi connectivity index (χ0v) is 55.2. The van der Waals surface area contributed by atoms with E-state index in [0.29, 0.717) is 40.3 Å². The predicted octanol–water partition coefficient (Wildman–Crippen LogP) is 9.19. The molecule has 10 aromatic rings. The molecule has 0 spiro atoms. The quantitative estimate of drug-likeness (QED) is 0.0493. The second kappa shape index (κ2) is 31.2. The van der Waals surface area contributed by atoms with Gasteiger partial charge in [-0.3, -0.25) is 47.5 Å². The average molecular weight is 1460 g/mol. The molecule has 4 aliphatic heterocycles. The molecule has 528 valence electrons. The number of rotatable bonds is 9. The Kier molecular flexibility index (Phi) is 22.5. The van der Waals surface area contributed by atoms with Gasteiger partial charge in [-0.25, -0.2) is 65.0 Å². The monoisotopic (exact) mass is 1460 g/mol. The number of aromatic amines is 1. The summed E-state index contributed by atoms with van der Waals surface area (Å²) in [5.41, 5.74) is 6.12. The molecule has 3 unspecified atom stereocenters. The first kappa shape index (κ1) is 74.4. The van der Waals surface area contributed by atoms with Crippen molar-refractivity contribution in [3.8, 4) is 0 Å². The van der Waals surface area contributed by atoms with Gasteiger partial charge in [-0.2, -0.15) is 0 Å². The number of allylic oxidation sites excluding steroid dienone is 2. The summed E-state index contributed by atoms with van der Waals surface area (Å²) in [5.74, 6) is -7.14. The van der Waals surface area contributed by atoms with Crippen molar-refractivity contribution in [2.45, 2.75) is 44.7 Å². The number of nitrogens with two attached hydrogens (primary N) is 2. The minimum absolute atomic E-state index is 0.0370. The Bertz CT molecular complexity index is 4960. The number of fused-ring (bicyclic) bond motifs is 3. The molecule has 0 bridgehead atoms. The Morgan fingerprint density at radius 2 is 0.903 bits per heavy atom. The Morgan fingerprint density at radius 3 is 1.26 bits per heavy atom. The van der Waals surface area contributed by atoms with Crippen LogP contribution >= 0.6 is 23.2 Å². The van der Waals surface area contributed by atoms with E-state index in [-0.39, 0.29) is 61.9 Å². The summed E-state index contributed by atoms with van der Waals surface area (Å²) in [5, 5.41) is 14.3. The number of primary amides is 1. The number of hydrogen-bond donors (Lipinski definition) is 8.